The fourth-order valence-electron chi connectivity index (χ4n) is 3.07. The van der Waals surface area contributed by atoms with Gasteiger partial charge in [-0.15, -0.1) is 0 Å². The van der Waals surface area contributed by atoms with Crippen molar-refractivity contribution in [2.24, 2.45) is 4.99 Å². The van der Waals surface area contributed by atoms with Crippen LogP contribution < -0.4 is 9.47 Å². The lowest BCUT2D eigenvalue weighted by Crippen LogP contribution is -2.05. The molecule has 0 amide bonds. The second-order valence-electron chi connectivity index (χ2n) is 6.91. The number of hydrogen-bond acceptors (Lipinski definition) is 9. The number of nitro benzene ring substituents is 2. The molecule has 0 aliphatic carbocycles. The van der Waals surface area contributed by atoms with Crippen LogP contribution in [0.1, 0.15) is 11.1 Å². The molecule has 3 aromatic rings. The molecule has 1 heterocycles. The van der Waals surface area contributed by atoms with E-state index in [0.29, 0.717) is 17.1 Å². The van der Waals surface area contributed by atoms with Crippen LogP contribution in [-0.4, -0.2) is 28.8 Å². The summed E-state index contributed by atoms with van der Waals surface area (Å²) in [5, 5.41) is 22.6. The summed E-state index contributed by atoms with van der Waals surface area (Å²) in [6, 6.07) is 16.2. The highest BCUT2D eigenvalue weighted by atomic mass is 16.6. The number of esters is 1. The standard InChI is InChI=1S/C23H15N3O8/c1-32-17-6-8-18(9-7-17)33-21-10-5-14(12-20(21)26(30)31)11-19-23(27)34-22(24-19)15-3-2-4-16(13-15)25(28)29/h2-13H,1H3. The molecule has 0 N–H and O–H groups in total. The van der Waals surface area contributed by atoms with Crippen molar-refractivity contribution in [3.63, 3.8) is 0 Å². The van der Waals surface area contributed by atoms with Gasteiger partial charge in [0.05, 0.1) is 17.0 Å². The second-order valence-corrected chi connectivity index (χ2v) is 6.91. The van der Waals surface area contributed by atoms with Gasteiger partial charge in [-0.25, -0.2) is 9.79 Å². The minimum absolute atomic E-state index is 0.00657. The number of cyclic esters (lactones) is 1. The van der Waals surface area contributed by atoms with Gasteiger partial charge in [-0.3, -0.25) is 20.2 Å². The molecule has 1 aliphatic heterocycles. The SMILES string of the molecule is COc1ccc(Oc2ccc(C=C3N=C(c4cccc([N+](=O)[O-])c4)OC3=O)cc2[N+](=O)[O-])cc1. The van der Waals surface area contributed by atoms with E-state index in [4.69, 9.17) is 14.2 Å². The normalized spacial score (nSPS) is 13.9. The third-order valence-electron chi connectivity index (χ3n) is 4.69. The molecule has 3 aromatic carbocycles. The largest absolute Gasteiger partial charge is 0.497 e. The van der Waals surface area contributed by atoms with Crippen LogP contribution >= 0.6 is 0 Å². The first-order valence-electron chi connectivity index (χ1n) is 9.72. The number of hydrogen-bond donors (Lipinski definition) is 0. The molecule has 11 heteroatoms. The molecule has 0 saturated carbocycles. The molecule has 0 radical (unpaired) electrons. The first-order chi connectivity index (χ1) is 16.3. The van der Waals surface area contributed by atoms with Crippen LogP contribution in [0, 0.1) is 20.2 Å². The maximum absolute atomic E-state index is 12.3. The van der Waals surface area contributed by atoms with Crippen molar-refractivity contribution in [3.05, 3.63) is 104 Å². The van der Waals surface area contributed by atoms with Gasteiger partial charge in [0.2, 0.25) is 11.6 Å². The Kier molecular flexibility index (Phi) is 5.99. The van der Waals surface area contributed by atoms with Gasteiger partial charge in [0.1, 0.15) is 11.5 Å². The second kappa shape index (κ2) is 9.20. The average Bonchev–Trinajstić information content (AvgIpc) is 3.20. The molecule has 0 bridgehead atoms. The van der Waals surface area contributed by atoms with E-state index in [2.05, 4.69) is 4.99 Å². The number of ether oxygens (including phenoxy) is 3. The maximum atomic E-state index is 12.3. The lowest BCUT2D eigenvalue weighted by molar-refractivity contribution is -0.385. The van der Waals surface area contributed by atoms with E-state index in [-0.39, 0.29) is 34.3 Å². The highest BCUT2D eigenvalue weighted by molar-refractivity contribution is 6.13. The summed E-state index contributed by atoms with van der Waals surface area (Å²) >= 11 is 0. The van der Waals surface area contributed by atoms with E-state index >= 15 is 0 Å². The molecule has 0 fully saturated rings. The monoisotopic (exact) mass is 461 g/mol. The van der Waals surface area contributed by atoms with E-state index in [1.165, 1.54) is 55.7 Å². The fraction of sp³-hybridized carbons (Fsp3) is 0.0435. The molecule has 34 heavy (non-hydrogen) atoms. The predicted octanol–water partition coefficient (Wildman–Crippen LogP) is 4.65. The van der Waals surface area contributed by atoms with Crippen LogP contribution in [0.2, 0.25) is 0 Å². The molecule has 11 nitrogen and oxygen atoms in total. The number of non-ortho nitro benzene ring substituents is 1. The summed E-state index contributed by atoms with van der Waals surface area (Å²) in [4.78, 5) is 37.7. The first-order valence-corrected chi connectivity index (χ1v) is 9.72. The number of benzene rings is 3. The highest BCUT2D eigenvalue weighted by Gasteiger charge is 2.26. The Bertz CT molecular complexity index is 1360. The van der Waals surface area contributed by atoms with Gasteiger partial charge < -0.3 is 14.2 Å². The third kappa shape index (κ3) is 4.72. The van der Waals surface area contributed by atoms with E-state index in [1.807, 2.05) is 0 Å². The number of methoxy groups -OCH3 is 1. The lowest BCUT2D eigenvalue weighted by atomic mass is 10.1. The van der Waals surface area contributed by atoms with Gasteiger partial charge in [0, 0.05) is 23.8 Å². The van der Waals surface area contributed by atoms with Gasteiger partial charge in [-0.1, -0.05) is 12.1 Å². The maximum Gasteiger partial charge on any atom is 0.363 e. The van der Waals surface area contributed by atoms with Crippen molar-refractivity contribution in [3.8, 4) is 17.2 Å². The van der Waals surface area contributed by atoms with Crippen LogP contribution in [0.5, 0.6) is 17.2 Å². The summed E-state index contributed by atoms with van der Waals surface area (Å²) in [5.41, 5.74) is -0.0549. The van der Waals surface area contributed by atoms with E-state index < -0.39 is 15.8 Å². The van der Waals surface area contributed by atoms with E-state index in [0.717, 1.165) is 0 Å². The van der Waals surface area contributed by atoms with E-state index in [1.54, 1.807) is 24.3 Å². The molecule has 0 spiro atoms. The zero-order valence-electron chi connectivity index (χ0n) is 17.5. The number of carbonyl (C=O) groups is 1. The van der Waals surface area contributed by atoms with Crippen molar-refractivity contribution in [2.75, 3.05) is 7.11 Å². The van der Waals surface area contributed by atoms with Crippen LogP contribution in [0.25, 0.3) is 6.08 Å². The Balaban J connectivity index is 1.62. The Morgan fingerprint density at radius 2 is 1.68 bits per heavy atom. The molecule has 0 unspecified atom stereocenters. The van der Waals surface area contributed by atoms with E-state index in [9.17, 15) is 25.0 Å². The van der Waals surface area contributed by atoms with Crippen LogP contribution in [0.3, 0.4) is 0 Å². The summed E-state index contributed by atoms with van der Waals surface area (Å²) < 4.78 is 15.8. The van der Waals surface area contributed by atoms with Crippen molar-refractivity contribution in [2.45, 2.75) is 0 Å². The summed E-state index contributed by atoms with van der Waals surface area (Å²) in [7, 11) is 1.52. The molecule has 0 aromatic heterocycles. The van der Waals surface area contributed by atoms with Crippen molar-refractivity contribution < 1.29 is 28.9 Å². The number of nitrogens with zero attached hydrogens (tertiary/aromatic N) is 3. The summed E-state index contributed by atoms with van der Waals surface area (Å²) in [6.07, 6.45) is 1.32. The molecular formula is C23H15N3O8. The zero-order chi connectivity index (χ0) is 24.2. The van der Waals surface area contributed by atoms with Gasteiger partial charge in [-0.05, 0) is 48.0 Å². The smallest absolute Gasteiger partial charge is 0.363 e. The Morgan fingerprint density at radius 3 is 2.35 bits per heavy atom. The Hall–Kier alpha value is -5.06. The lowest BCUT2D eigenvalue weighted by Gasteiger charge is -2.08. The van der Waals surface area contributed by atoms with Crippen molar-refractivity contribution in [1.82, 2.24) is 0 Å². The predicted molar refractivity (Wildman–Crippen MR) is 120 cm³/mol. The highest BCUT2D eigenvalue weighted by Crippen LogP contribution is 2.34. The molecule has 1 aliphatic rings. The quantitative estimate of drug-likeness (QED) is 0.214. The summed E-state index contributed by atoms with van der Waals surface area (Å²) in [5.74, 6) is 0.0987. The molecular weight excluding hydrogens is 446 g/mol. The molecule has 0 atom stereocenters. The van der Waals surface area contributed by atoms with Crippen LogP contribution in [0.15, 0.2) is 77.4 Å². The third-order valence-corrected chi connectivity index (χ3v) is 4.69. The topological polar surface area (TPSA) is 143 Å². The minimum Gasteiger partial charge on any atom is -0.497 e. The summed E-state index contributed by atoms with van der Waals surface area (Å²) in [6.45, 7) is 0. The van der Waals surface area contributed by atoms with Gasteiger partial charge in [0.25, 0.3) is 5.69 Å². The van der Waals surface area contributed by atoms with Crippen LogP contribution in [0.4, 0.5) is 11.4 Å². The molecule has 4 rings (SSSR count). The Labute approximate surface area is 191 Å². The fourth-order valence-corrected chi connectivity index (χ4v) is 3.07. The van der Waals surface area contributed by atoms with Crippen LogP contribution in [-0.2, 0) is 9.53 Å². The number of aliphatic imine (C=N–C) groups is 1. The van der Waals surface area contributed by atoms with Crippen molar-refractivity contribution >= 4 is 29.3 Å². The van der Waals surface area contributed by atoms with Crippen molar-refractivity contribution in [1.29, 1.82) is 0 Å². The molecule has 170 valence electrons. The first kappa shape index (κ1) is 22.1. The number of nitro groups is 2. The minimum atomic E-state index is -0.789. The number of carbonyl (C=O) groups excluding carboxylic acids is 1. The van der Waals surface area contributed by atoms with Gasteiger partial charge >= 0.3 is 11.7 Å². The molecule has 0 saturated heterocycles. The van der Waals surface area contributed by atoms with Gasteiger partial charge in [-0.2, -0.15) is 0 Å². The number of rotatable bonds is 7. The van der Waals surface area contributed by atoms with Gasteiger partial charge in [0.15, 0.2) is 5.70 Å². The average molecular weight is 461 g/mol. The Morgan fingerprint density at radius 1 is 0.941 bits per heavy atom. The zero-order valence-corrected chi connectivity index (χ0v) is 17.5.